The van der Waals surface area contributed by atoms with Gasteiger partial charge in [-0.05, 0) is 31.7 Å². The zero-order chi connectivity index (χ0) is 17.8. The highest BCUT2D eigenvalue weighted by Crippen LogP contribution is 2.20. The Labute approximate surface area is 169 Å². The van der Waals surface area contributed by atoms with Crippen LogP contribution in [-0.4, -0.2) is 43.9 Å². The Morgan fingerprint density at radius 1 is 1.20 bits per heavy atom. The normalized spacial score (nSPS) is 13.9. The molecule has 0 saturated carbocycles. The number of nitrogens with one attached hydrogen (secondary N) is 2. The minimum Gasteiger partial charge on any atom is -0.384 e. The van der Waals surface area contributed by atoms with Gasteiger partial charge in [-0.15, -0.1) is 24.0 Å². The Morgan fingerprint density at radius 2 is 1.88 bits per heavy atom. The third kappa shape index (κ3) is 10.7. The number of hydrogen-bond donors (Lipinski definition) is 3. The molecule has 0 aromatic heterocycles. The van der Waals surface area contributed by atoms with E-state index in [1.54, 1.807) is 6.92 Å². The summed E-state index contributed by atoms with van der Waals surface area (Å²) in [4.78, 5) is 4.50. The molecule has 3 N–H and O–H groups in total. The topological polar surface area (TPSA) is 65.9 Å². The predicted molar refractivity (Wildman–Crippen MR) is 116 cm³/mol. The molecular formula is C19H34IN3O2. The monoisotopic (exact) mass is 463 g/mol. The van der Waals surface area contributed by atoms with Gasteiger partial charge in [0.25, 0.3) is 0 Å². The molecule has 144 valence electrons. The number of rotatable bonds is 10. The van der Waals surface area contributed by atoms with Crippen LogP contribution >= 0.6 is 24.0 Å². The van der Waals surface area contributed by atoms with Crippen LogP contribution in [0.25, 0.3) is 0 Å². The van der Waals surface area contributed by atoms with Gasteiger partial charge in [0.05, 0.1) is 13.2 Å². The molecule has 25 heavy (non-hydrogen) atoms. The standard InChI is InChI=1S/C19H33N3O2.HI/c1-5-20-18(21-12-14-24-13-11-16(2)3)22-15-19(4,23)17-9-7-6-8-10-17;/h6-10,16,23H,5,11-15H2,1-4H3,(H2,20,21,22);1H. The summed E-state index contributed by atoms with van der Waals surface area (Å²) in [5, 5.41) is 17.0. The maximum absolute atomic E-state index is 10.6. The average Bonchev–Trinajstić information content (AvgIpc) is 2.56. The van der Waals surface area contributed by atoms with Crippen molar-refractivity contribution in [3.8, 4) is 0 Å². The van der Waals surface area contributed by atoms with Gasteiger partial charge in [-0.3, -0.25) is 0 Å². The van der Waals surface area contributed by atoms with E-state index in [0.29, 0.717) is 31.6 Å². The fourth-order valence-electron chi connectivity index (χ4n) is 2.13. The van der Waals surface area contributed by atoms with Crippen LogP contribution in [0.2, 0.25) is 0 Å². The van der Waals surface area contributed by atoms with Crippen molar-refractivity contribution in [2.45, 2.75) is 39.7 Å². The van der Waals surface area contributed by atoms with E-state index in [2.05, 4.69) is 29.5 Å². The molecule has 1 atom stereocenters. The summed E-state index contributed by atoms with van der Waals surface area (Å²) in [5.74, 6) is 1.36. The second kappa shape index (κ2) is 13.4. The Bertz CT molecular complexity index is 479. The third-order valence-corrected chi connectivity index (χ3v) is 3.66. The van der Waals surface area contributed by atoms with Crippen LogP contribution in [0.15, 0.2) is 35.3 Å². The summed E-state index contributed by atoms with van der Waals surface area (Å²) < 4.78 is 5.59. The molecule has 0 aliphatic heterocycles. The van der Waals surface area contributed by atoms with Crippen molar-refractivity contribution in [3.63, 3.8) is 0 Å². The molecule has 0 aliphatic rings. The maximum Gasteiger partial charge on any atom is 0.191 e. The second-order valence-electron chi connectivity index (χ2n) is 6.56. The Hall–Kier alpha value is -0.860. The first-order valence-electron chi connectivity index (χ1n) is 8.83. The first-order valence-corrected chi connectivity index (χ1v) is 8.83. The van der Waals surface area contributed by atoms with Crippen LogP contribution in [0, 0.1) is 5.92 Å². The van der Waals surface area contributed by atoms with Gasteiger partial charge in [0.15, 0.2) is 5.96 Å². The van der Waals surface area contributed by atoms with Crippen molar-refractivity contribution in [3.05, 3.63) is 35.9 Å². The lowest BCUT2D eigenvalue weighted by Crippen LogP contribution is -2.40. The molecule has 0 radical (unpaired) electrons. The van der Waals surface area contributed by atoms with Crippen LogP contribution in [0.5, 0.6) is 0 Å². The van der Waals surface area contributed by atoms with E-state index in [0.717, 1.165) is 25.1 Å². The molecule has 0 amide bonds. The molecular weight excluding hydrogens is 429 g/mol. The minimum atomic E-state index is -0.989. The fraction of sp³-hybridized carbons (Fsp3) is 0.632. The largest absolute Gasteiger partial charge is 0.384 e. The number of benzene rings is 1. The van der Waals surface area contributed by atoms with Crippen LogP contribution < -0.4 is 10.6 Å². The molecule has 0 bridgehead atoms. The van der Waals surface area contributed by atoms with E-state index in [4.69, 9.17) is 4.74 Å². The van der Waals surface area contributed by atoms with Gasteiger partial charge in [-0.2, -0.15) is 0 Å². The summed E-state index contributed by atoms with van der Waals surface area (Å²) in [7, 11) is 0. The molecule has 0 heterocycles. The van der Waals surface area contributed by atoms with E-state index in [-0.39, 0.29) is 24.0 Å². The second-order valence-corrected chi connectivity index (χ2v) is 6.56. The lowest BCUT2D eigenvalue weighted by Gasteiger charge is -2.22. The number of aliphatic hydroxyl groups is 1. The zero-order valence-corrected chi connectivity index (χ0v) is 18.2. The fourth-order valence-corrected chi connectivity index (χ4v) is 2.13. The van der Waals surface area contributed by atoms with E-state index >= 15 is 0 Å². The van der Waals surface area contributed by atoms with Gasteiger partial charge in [0.1, 0.15) is 5.60 Å². The third-order valence-electron chi connectivity index (χ3n) is 3.66. The Balaban J connectivity index is 0.00000576. The van der Waals surface area contributed by atoms with Gasteiger partial charge in [0, 0.05) is 19.7 Å². The van der Waals surface area contributed by atoms with Crippen molar-refractivity contribution < 1.29 is 9.84 Å². The van der Waals surface area contributed by atoms with Crippen LogP contribution in [0.4, 0.5) is 0 Å². The quantitative estimate of drug-likeness (QED) is 0.216. The Kier molecular flexibility index (Phi) is 12.9. The van der Waals surface area contributed by atoms with Crippen LogP contribution in [-0.2, 0) is 10.3 Å². The van der Waals surface area contributed by atoms with E-state index in [9.17, 15) is 5.11 Å². The SMILES string of the molecule is CCNC(=NCC(C)(O)c1ccccc1)NCCOCCC(C)C.I. The summed E-state index contributed by atoms with van der Waals surface area (Å²) >= 11 is 0. The smallest absolute Gasteiger partial charge is 0.191 e. The van der Waals surface area contributed by atoms with E-state index < -0.39 is 5.60 Å². The lowest BCUT2D eigenvalue weighted by molar-refractivity contribution is 0.0672. The molecule has 1 aromatic rings. The van der Waals surface area contributed by atoms with Crippen LogP contribution in [0.1, 0.15) is 39.7 Å². The van der Waals surface area contributed by atoms with Gasteiger partial charge >= 0.3 is 0 Å². The summed E-state index contributed by atoms with van der Waals surface area (Å²) in [5.41, 5.74) is -0.126. The first-order chi connectivity index (χ1) is 11.5. The summed E-state index contributed by atoms with van der Waals surface area (Å²) in [6, 6.07) is 9.61. The number of ether oxygens (including phenoxy) is 1. The molecule has 5 nitrogen and oxygen atoms in total. The van der Waals surface area contributed by atoms with Crippen molar-refractivity contribution in [1.29, 1.82) is 0 Å². The van der Waals surface area contributed by atoms with Crippen LogP contribution in [0.3, 0.4) is 0 Å². The molecule has 1 unspecified atom stereocenters. The molecule has 1 aromatic carbocycles. The Morgan fingerprint density at radius 3 is 2.48 bits per heavy atom. The zero-order valence-electron chi connectivity index (χ0n) is 15.9. The summed E-state index contributed by atoms with van der Waals surface area (Å²) in [6.07, 6.45) is 1.08. The van der Waals surface area contributed by atoms with Crippen molar-refractivity contribution in [1.82, 2.24) is 10.6 Å². The van der Waals surface area contributed by atoms with Crippen molar-refractivity contribution in [2.75, 3.05) is 32.8 Å². The number of nitrogens with zero attached hydrogens (tertiary/aromatic N) is 1. The van der Waals surface area contributed by atoms with E-state index in [1.165, 1.54) is 0 Å². The maximum atomic E-state index is 10.6. The first kappa shape index (κ1) is 24.1. The van der Waals surface area contributed by atoms with Crippen molar-refractivity contribution in [2.24, 2.45) is 10.9 Å². The van der Waals surface area contributed by atoms with Gasteiger partial charge in [-0.25, -0.2) is 4.99 Å². The van der Waals surface area contributed by atoms with Gasteiger partial charge in [0.2, 0.25) is 0 Å². The number of hydrogen-bond acceptors (Lipinski definition) is 3. The number of aliphatic imine (C=N–C) groups is 1. The molecule has 1 rings (SSSR count). The average molecular weight is 463 g/mol. The van der Waals surface area contributed by atoms with Gasteiger partial charge < -0.3 is 20.5 Å². The van der Waals surface area contributed by atoms with Gasteiger partial charge in [-0.1, -0.05) is 44.2 Å². The molecule has 0 aliphatic carbocycles. The number of guanidine groups is 1. The molecule has 0 saturated heterocycles. The molecule has 6 heteroatoms. The highest BCUT2D eigenvalue weighted by atomic mass is 127. The highest BCUT2D eigenvalue weighted by Gasteiger charge is 2.22. The predicted octanol–water partition coefficient (Wildman–Crippen LogP) is 3.13. The summed E-state index contributed by atoms with van der Waals surface area (Å²) in [6.45, 7) is 11.4. The van der Waals surface area contributed by atoms with Crippen molar-refractivity contribution >= 4 is 29.9 Å². The molecule has 0 spiro atoms. The lowest BCUT2D eigenvalue weighted by atomic mass is 9.96. The van der Waals surface area contributed by atoms with E-state index in [1.807, 2.05) is 37.3 Å². The highest BCUT2D eigenvalue weighted by molar-refractivity contribution is 14.0. The molecule has 0 fully saturated rings. The minimum absolute atomic E-state index is 0. The number of halogens is 1.